The minimum absolute atomic E-state index is 0.0913. The van der Waals surface area contributed by atoms with Crippen molar-refractivity contribution >= 4 is 49.2 Å². The second kappa shape index (κ2) is 7.52. The first kappa shape index (κ1) is 22.0. The SMILES string of the molecule is Cn1c(C(F)(F)F)cc(=O)n(-c2ccc3snc(C(=O)NS(=O)(=O)CCl)c3c2)c1=O. The largest absolute Gasteiger partial charge is 0.431 e. The highest BCUT2D eigenvalue weighted by Crippen LogP contribution is 2.28. The maximum absolute atomic E-state index is 13.0. The van der Waals surface area contributed by atoms with E-state index in [2.05, 4.69) is 4.37 Å². The van der Waals surface area contributed by atoms with Gasteiger partial charge in [0.25, 0.3) is 11.5 Å². The average molecular weight is 483 g/mol. The molecule has 160 valence electrons. The highest BCUT2D eigenvalue weighted by molar-refractivity contribution is 7.91. The van der Waals surface area contributed by atoms with Gasteiger partial charge in [0.1, 0.15) is 10.9 Å². The smallest absolute Gasteiger partial charge is 0.292 e. The van der Waals surface area contributed by atoms with E-state index >= 15 is 0 Å². The molecule has 1 N–H and O–H groups in total. The van der Waals surface area contributed by atoms with Crippen molar-refractivity contribution in [2.24, 2.45) is 7.05 Å². The Labute approximate surface area is 174 Å². The first-order valence-corrected chi connectivity index (χ1v) is 10.7. The quantitative estimate of drug-likeness (QED) is 0.562. The van der Waals surface area contributed by atoms with Gasteiger partial charge in [-0.2, -0.15) is 17.5 Å². The Hall–Kier alpha value is -2.71. The number of carbonyl (C=O) groups excluding carboxylic acids is 1. The summed E-state index contributed by atoms with van der Waals surface area (Å²) in [6.07, 6.45) is -4.91. The van der Waals surface area contributed by atoms with Crippen LogP contribution in [0.5, 0.6) is 0 Å². The van der Waals surface area contributed by atoms with Crippen molar-refractivity contribution in [3.63, 3.8) is 0 Å². The van der Waals surface area contributed by atoms with Crippen molar-refractivity contribution in [3.8, 4) is 5.69 Å². The summed E-state index contributed by atoms with van der Waals surface area (Å²) in [5, 5.41) is -0.781. The van der Waals surface area contributed by atoms with Gasteiger partial charge in [0.2, 0.25) is 10.0 Å². The number of halogens is 4. The van der Waals surface area contributed by atoms with Crippen LogP contribution in [0.25, 0.3) is 15.8 Å². The predicted molar refractivity (Wildman–Crippen MR) is 103 cm³/mol. The van der Waals surface area contributed by atoms with Crippen molar-refractivity contribution in [2.75, 3.05) is 5.21 Å². The highest BCUT2D eigenvalue weighted by Gasteiger charge is 2.35. The number of amides is 1. The molecule has 0 fully saturated rings. The van der Waals surface area contributed by atoms with E-state index in [1.54, 1.807) is 4.72 Å². The van der Waals surface area contributed by atoms with Crippen LogP contribution in [0.1, 0.15) is 16.2 Å². The molecular formula is C15H10ClF3N4O5S2. The van der Waals surface area contributed by atoms with Crippen LogP contribution in [-0.2, 0) is 23.2 Å². The molecule has 1 aromatic carbocycles. The van der Waals surface area contributed by atoms with Gasteiger partial charge in [-0.1, -0.05) is 0 Å². The number of sulfonamides is 1. The van der Waals surface area contributed by atoms with Crippen LogP contribution in [0, 0.1) is 0 Å². The van der Waals surface area contributed by atoms with Crippen molar-refractivity contribution < 1.29 is 26.4 Å². The van der Waals surface area contributed by atoms with E-state index in [9.17, 15) is 36.0 Å². The average Bonchev–Trinajstić information content (AvgIpc) is 3.07. The van der Waals surface area contributed by atoms with Gasteiger partial charge in [-0.05, 0) is 29.7 Å². The van der Waals surface area contributed by atoms with E-state index in [1.807, 2.05) is 0 Å². The molecule has 0 aliphatic rings. The molecule has 15 heteroatoms. The molecule has 2 aromatic heterocycles. The van der Waals surface area contributed by atoms with Gasteiger partial charge in [-0.3, -0.25) is 14.2 Å². The molecule has 0 spiro atoms. The Bertz CT molecular complexity index is 1390. The fraction of sp³-hybridized carbons (Fsp3) is 0.200. The summed E-state index contributed by atoms with van der Waals surface area (Å²) in [5.74, 6) is -1.09. The first-order chi connectivity index (χ1) is 13.9. The number of alkyl halides is 4. The third kappa shape index (κ3) is 3.97. The van der Waals surface area contributed by atoms with E-state index in [1.165, 1.54) is 18.2 Å². The molecule has 0 aliphatic heterocycles. The molecule has 9 nitrogen and oxygen atoms in total. The highest BCUT2D eigenvalue weighted by atomic mass is 35.5. The summed E-state index contributed by atoms with van der Waals surface area (Å²) in [6, 6.07) is 4.13. The van der Waals surface area contributed by atoms with E-state index in [0.29, 0.717) is 9.27 Å². The number of nitrogens with zero attached hydrogens (tertiary/aromatic N) is 3. The minimum atomic E-state index is -4.91. The molecule has 30 heavy (non-hydrogen) atoms. The van der Waals surface area contributed by atoms with Gasteiger partial charge >= 0.3 is 11.9 Å². The van der Waals surface area contributed by atoms with Crippen LogP contribution in [0.2, 0.25) is 0 Å². The zero-order chi connectivity index (χ0) is 22.4. The number of nitrogens with one attached hydrogen (secondary N) is 1. The van der Waals surface area contributed by atoms with Gasteiger partial charge in [0.15, 0.2) is 5.69 Å². The van der Waals surface area contributed by atoms with E-state index in [0.717, 1.165) is 18.6 Å². The summed E-state index contributed by atoms with van der Waals surface area (Å²) >= 11 is 6.08. The van der Waals surface area contributed by atoms with E-state index in [-0.39, 0.29) is 27.4 Å². The summed E-state index contributed by atoms with van der Waals surface area (Å²) in [5.41, 5.74) is -4.35. The predicted octanol–water partition coefficient (Wildman–Crippen LogP) is 1.42. The number of carbonyl (C=O) groups is 1. The van der Waals surface area contributed by atoms with Gasteiger partial charge in [0, 0.05) is 18.5 Å². The molecule has 0 aliphatic carbocycles. The lowest BCUT2D eigenvalue weighted by Gasteiger charge is -2.14. The fourth-order valence-corrected chi connectivity index (χ4v) is 3.93. The lowest BCUT2D eigenvalue weighted by atomic mass is 10.2. The summed E-state index contributed by atoms with van der Waals surface area (Å²) in [4.78, 5) is 36.9. The molecule has 0 unspecified atom stereocenters. The molecule has 1 amide bonds. The summed E-state index contributed by atoms with van der Waals surface area (Å²) < 4.78 is 68.7. The Morgan fingerprint density at radius 3 is 2.53 bits per heavy atom. The summed E-state index contributed by atoms with van der Waals surface area (Å²) in [6.45, 7) is 0. The third-order valence-corrected chi connectivity index (χ3v) is 6.40. The topological polar surface area (TPSA) is 120 Å². The maximum Gasteiger partial charge on any atom is 0.431 e. The maximum atomic E-state index is 13.0. The third-order valence-electron chi connectivity index (χ3n) is 3.93. The Morgan fingerprint density at radius 1 is 1.27 bits per heavy atom. The van der Waals surface area contributed by atoms with Crippen molar-refractivity contribution in [2.45, 2.75) is 6.18 Å². The van der Waals surface area contributed by atoms with Gasteiger partial charge in [-0.15, -0.1) is 11.6 Å². The van der Waals surface area contributed by atoms with E-state index < -0.39 is 44.3 Å². The zero-order valence-electron chi connectivity index (χ0n) is 14.7. The van der Waals surface area contributed by atoms with Crippen LogP contribution in [0.4, 0.5) is 13.2 Å². The number of hydrogen-bond acceptors (Lipinski definition) is 7. The molecule has 3 aromatic rings. The Kier molecular flexibility index (Phi) is 5.51. The van der Waals surface area contributed by atoms with Crippen molar-refractivity contribution in [1.82, 2.24) is 18.2 Å². The van der Waals surface area contributed by atoms with Crippen LogP contribution in [0.15, 0.2) is 33.9 Å². The van der Waals surface area contributed by atoms with Crippen LogP contribution >= 0.6 is 23.1 Å². The van der Waals surface area contributed by atoms with Crippen molar-refractivity contribution in [1.29, 1.82) is 0 Å². The molecule has 3 rings (SSSR count). The number of hydrogen-bond donors (Lipinski definition) is 1. The molecule has 0 atom stereocenters. The van der Waals surface area contributed by atoms with Crippen molar-refractivity contribution in [3.05, 3.63) is 56.5 Å². The first-order valence-electron chi connectivity index (χ1n) is 7.76. The Morgan fingerprint density at radius 2 is 1.93 bits per heavy atom. The molecule has 0 saturated carbocycles. The normalized spacial score (nSPS) is 12.3. The number of fused-ring (bicyclic) bond motifs is 1. The standard InChI is InChI=1S/C15H10ClF3N4O5S2/c1-22-10(15(17,18)19)5-11(24)23(14(22)26)7-2-3-9-8(4-7)12(20-29-9)13(25)21-30(27,28)6-16/h2-5H,6H2,1H3,(H,21,25). The fourth-order valence-electron chi connectivity index (χ4n) is 2.58. The number of benzene rings is 1. The minimum Gasteiger partial charge on any atom is -0.292 e. The van der Waals surface area contributed by atoms with Gasteiger partial charge in [0.05, 0.1) is 10.4 Å². The second-order valence-corrected chi connectivity index (χ2v) is 9.02. The lowest BCUT2D eigenvalue weighted by molar-refractivity contribution is -0.144. The molecule has 2 heterocycles. The van der Waals surface area contributed by atoms with Crippen LogP contribution in [0.3, 0.4) is 0 Å². The second-order valence-electron chi connectivity index (χ2n) is 5.91. The molecule has 0 radical (unpaired) electrons. The Balaban J connectivity index is 2.18. The monoisotopic (exact) mass is 482 g/mol. The van der Waals surface area contributed by atoms with Crippen LogP contribution < -0.4 is 16.0 Å². The van der Waals surface area contributed by atoms with E-state index in [4.69, 9.17) is 11.6 Å². The molecule has 0 saturated heterocycles. The lowest BCUT2D eigenvalue weighted by Crippen LogP contribution is -2.40. The van der Waals surface area contributed by atoms with Gasteiger partial charge in [-0.25, -0.2) is 22.5 Å². The zero-order valence-corrected chi connectivity index (χ0v) is 17.1. The van der Waals surface area contributed by atoms with Gasteiger partial charge < -0.3 is 0 Å². The number of rotatable bonds is 4. The number of aromatic nitrogens is 3. The summed E-state index contributed by atoms with van der Waals surface area (Å²) in [7, 11) is -3.24. The van der Waals surface area contributed by atoms with Crippen LogP contribution in [-0.4, -0.2) is 33.0 Å². The molecule has 0 bridgehead atoms. The molecular weight excluding hydrogens is 473 g/mol.